The summed E-state index contributed by atoms with van der Waals surface area (Å²) < 4.78 is 4.81. The molecule has 0 unspecified atom stereocenters. The van der Waals surface area contributed by atoms with Gasteiger partial charge in [-0.05, 0) is 23.6 Å². The van der Waals surface area contributed by atoms with Crippen LogP contribution in [0.3, 0.4) is 0 Å². The van der Waals surface area contributed by atoms with Crippen LogP contribution in [-0.2, 0) is 0 Å². The lowest BCUT2D eigenvalue weighted by atomic mass is 10.0. The predicted molar refractivity (Wildman–Crippen MR) is 47.5 cm³/mol. The number of Topliss-reactive ketones (excluding diaryl/α,β-unsaturated/α-hetero) is 1. The highest BCUT2D eigenvalue weighted by Crippen LogP contribution is 2.19. The smallest absolute Gasteiger partial charge is 0.203 e. The molecule has 0 aliphatic rings. The summed E-state index contributed by atoms with van der Waals surface area (Å²) >= 11 is 5.63. The molecule has 12 heavy (non-hydrogen) atoms. The first-order chi connectivity index (χ1) is 5.61. The van der Waals surface area contributed by atoms with Gasteiger partial charge in [0.25, 0.3) is 0 Å². The van der Waals surface area contributed by atoms with Gasteiger partial charge >= 0.3 is 0 Å². The number of rotatable bonds is 3. The first-order valence-corrected chi connectivity index (χ1v) is 4.25. The highest BCUT2D eigenvalue weighted by molar-refractivity contribution is 6.32. The van der Waals surface area contributed by atoms with Crippen molar-refractivity contribution in [1.29, 1.82) is 0 Å². The Bertz CT molecular complexity index is 276. The van der Waals surface area contributed by atoms with Crippen molar-refractivity contribution in [1.82, 2.24) is 0 Å². The second-order valence-corrected chi connectivity index (χ2v) is 3.47. The maximum atomic E-state index is 11.4. The fraction of sp³-hybridized carbons (Fsp3) is 0.444. The third-order valence-corrected chi connectivity index (χ3v) is 1.80. The van der Waals surface area contributed by atoms with Crippen molar-refractivity contribution in [2.24, 2.45) is 5.92 Å². The first-order valence-electron chi connectivity index (χ1n) is 3.87. The Labute approximate surface area is 76.5 Å². The van der Waals surface area contributed by atoms with Gasteiger partial charge in [0, 0.05) is 6.42 Å². The highest BCUT2D eigenvalue weighted by Gasteiger charge is 2.13. The second-order valence-electron chi connectivity index (χ2n) is 3.13. The molecule has 0 bridgehead atoms. The molecule has 0 aliphatic carbocycles. The molecule has 2 nitrogen and oxygen atoms in total. The SMILES string of the molecule is CC(C)CC(=O)c1ccoc1Cl. The largest absolute Gasteiger partial charge is 0.452 e. The second kappa shape index (κ2) is 3.76. The fourth-order valence-corrected chi connectivity index (χ4v) is 1.19. The van der Waals surface area contributed by atoms with E-state index < -0.39 is 0 Å². The van der Waals surface area contributed by atoms with Crippen LogP contribution >= 0.6 is 11.6 Å². The zero-order valence-corrected chi connectivity index (χ0v) is 7.89. The molecule has 0 aromatic carbocycles. The van der Waals surface area contributed by atoms with Crippen molar-refractivity contribution >= 4 is 17.4 Å². The molecule has 0 atom stereocenters. The monoisotopic (exact) mass is 186 g/mol. The van der Waals surface area contributed by atoms with Gasteiger partial charge in [0.05, 0.1) is 11.8 Å². The summed E-state index contributed by atoms with van der Waals surface area (Å²) in [6.45, 7) is 3.98. The van der Waals surface area contributed by atoms with Crippen molar-refractivity contribution in [3.05, 3.63) is 23.1 Å². The summed E-state index contributed by atoms with van der Waals surface area (Å²) in [6, 6.07) is 1.60. The van der Waals surface area contributed by atoms with E-state index in [-0.39, 0.29) is 11.0 Å². The number of ketones is 1. The van der Waals surface area contributed by atoms with Crippen LogP contribution in [0.5, 0.6) is 0 Å². The number of hydrogen-bond acceptors (Lipinski definition) is 2. The summed E-state index contributed by atoms with van der Waals surface area (Å²) in [7, 11) is 0. The summed E-state index contributed by atoms with van der Waals surface area (Å²) in [5.74, 6) is 0.396. The lowest BCUT2D eigenvalue weighted by Crippen LogP contribution is -2.02. The molecule has 0 fully saturated rings. The van der Waals surface area contributed by atoms with Gasteiger partial charge < -0.3 is 4.42 Å². The van der Waals surface area contributed by atoms with E-state index in [0.717, 1.165) is 0 Å². The molecule has 1 rings (SSSR count). The minimum Gasteiger partial charge on any atom is -0.452 e. The lowest BCUT2D eigenvalue weighted by molar-refractivity contribution is 0.0967. The topological polar surface area (TPSA) is 30.2 Å². The van der Waals surface area contributed by atoms with Crippen molar-refractivity contribution < 1.29 is 9.21 Å². The van der Waals surface area contributed by atoms with Crippen LogP contribution in [0, 0.1) is 5.92 Å². The van der Waals surface area contributed by atoms with Gasteiger partial charge in [-0.1, -0.05) is 13.8 Å². The van der Waals surface area contributed by atoms with E-state index in [0.29, 0.717) is 17.9 Å². The van der Waals surface area contributed by atoms with Crippen molar-refractivity contribution in [3.8, 4) is 0 Å². The van der Waals surface area contributed by atoms with E-state index >= 15 is 0 Å². The predicted octanol–water partition coefficient (Wildman–Crippen LogP) is 3.16. The number of halogens is 1. The summed E-state index contributed by atoms with van der Waals surface area (Å²) in [5.41, 5.74) is 0.491. The quantitative estimate of drug-likeness (QED) is 0.679. The minimum atomic E-state index is 0.0451. The lowest BCUT2D eigenvalue weighted by Gasteiger charge is -2.00. The Morgan fingerprint density at radius 1 is 1.67 bits per heavy atom. The van der Waals surface area contributed by atoms with Gasteiger partial charge in [0.15, 0.2) is 5.78 Å². The van der Waals surface area contributed by atoms with Crippen LogP contribution in [0.15, 0.2) is 16.7 Å². The average molecular weight is 187 g/mol. The van der Waals surface area contributed by atoms with E-state index in [1.165, 1.54) is 6.26 Å². The molecule has 0 radical (unpaired) electrons. The third-order valence-electron chi connectivity index (χ3n) is 1.51. The van der Waals surface area contributed by atoms with E-state index in [2.05, 4.69) is 0 Å². The van der Waals surface area contributed by atoms with Crippen molar-refractivity contribution in [2.45, 2.75) is 20.3 Å². The zero-order chi connectivity index (χ0) is 9.14. The van der Waals surface area contributed by atoms with E-state index in [4.69, 9.17) is 16.0 Å². The van der Waals surface area contributed by atoms with Crippen molar-refractivity contribution in [3.63, 3.8) is 0 Å². The Balaban J connectivity index is 2.72. The van der Waals surface area contributed by atoms with Gasteiger partial charge in [-0.2, -0.15) is 0 Å². The Kier molecular flexibility index (Phi) is 2.93. The van der Waals surface area contributed by atoms with Gasteiger partial charge in [-0.25, -0.2) is 0 Å². The molecule has 0 spiro atoms. The minimum absolute atomic E-state index is 0.0451. The van der Waals surface area contributed by atoms with E-state index in [1.807, 2.05) is 13.8 Å². The molecule has 0 saturated carbocycles. The molecule has 0 N–H and O–H groups in total. The molecule has 1 aromatic heterocycles. The van der Waals surface area contributed by atoms with Crippen LogP contribution in [0.2, 0.25) is 5.22 Å². The number of carbonyl (C=O) groups is 1. The van der Waals surface area contributed by atoms with Crippen LogP contribution in [0.1, 0.15) is 30.6 Å². The van der Waals surface area contributed by atoms with E-state index in [1.54, 1.807) is 6.07 Å². The van der Waals surface area contributed by atoms with Crippen LogP contribution in [0.4, 0.5) is 0 Å². The fourth-order valence-electron chi connectivity index (χ4n) is 0.974. The highest BCUT2D eigenvalue weighted by atomic mass is 35.5. The molecular weight excluding hydrogens is 176 g/mol. The molecule has 0 aliphatic heterocycles. The molecule has 3 heteroatoms. The standard InChI is InChI=1S/C9H11ClO2/c1-6(2)5-8(11)7-3-4-12-9(7)10/h3-4,6H,5H2,1-2H3. The molecule has 66 valence electrons. The summed E-state index contributed by atoms with van der Waals surface area (Å²) in [6.07, 6.45) is 1.94. The van der Waals surface area contributed by atoms with Gasteiger partial charge in [0.1, 0.15) is 0 Å². The first kappa shape index (κ1) is 9.33. The van der Waals surface area contributed by atoms with Crippen molar-refractivity contribution in [2.75, 3.05) is 0 Å². The number of furan rings is 1. The Morgan fingerprint density at radius 3 is 2.75 bits per heavy atom. The van der Waals surface area contributed by atoms with Crippen LogP contribution in [0.25, 0.3) is 0 Å². The molecule has 0 saturated heterocycles. The van der Waals surface area contributed by atoms with Crippen LogP contribution < -0.4 is 0 Å². The van der Waals surface area contributed by atoms with Crippen LogP contribution in [-0.4, -0.2) is 5.78 Å². The maximum Gasteiger partial charge on any atom is 0.203 e. The Morgan fingerprint density at radius 2 is 2.33 bits per heavy atom. The summed E-state index contributed by atoms with van der Waals surface area (Å²) in [5, 5.41) is 0.195. The Hall–Kier alpha value is -0.760. The third kappa shape index (κ3) is 2.11. The van der Waals surface area contributed by atoms with Gasteiger partial charge in [-0.15, -0.1) is 0 Å². The van der Waals surface area contributed by atoms with Gasteiger partial charge in [0.2, 0.25) is 5.22 Å². The maximum absolute atomic E-state index is 11.4. The molecule has 1 heterocycles. The van der Waals surface area contributed by atoms with E-state index in [9.17, 15) is 4.79 Å². The molecule has 1 aromatic rings. The zero-order valence-electron chi connectivity index (χ0n) is 7.13. The number of carbonyl (C=O) groups excluding carboxylic acids is 1. The average Bonchev–Trinajstić information content (AvgIpc) is 2.33. The molecule has 0 amide bonds. The normalized spacial score (nSPS) is 10.7. The molecular formula is C9H11ClO2. The summed E-state index contributed by atoms with van der Waals surface area (Å²) in [4.78, 5) is 11.4. The number of hydrogen-bond donors (Lipinski definition) is 0. The van der Waals surface area contributed by atoms with Gasteiger partial charge in [-0.3, -0.25) is 4.79 Å².